The van der Waals surface area contributed by atoms with Gasteiger partial charge in [0.25, 0.3) is 11.8 Å². The van der Waals surface area contributed by atoms with Gasteiger partial charge in [-0.05, 0) is 73.2 Å². The highest BCUT2D eigenvalue weighted by Gasteiger charge is 2.37. The van der Waals surface area contributed by atoms with Crippen molar-refractivity contribution in [2.75, 3.05) is 11.5 Å². The van der Waals surface area contributed by atoms with E-state index in [0.717, 1.165) is 10.5 Å². The monoisotopic (exact) mass is 684 g/mol. The molecule has 12 heteroatoms. The fourth-order valence-electron chi connectivity index (χ4n) is 4.39. The molecule has 5 rings (SSSR count). The minimum absolute atomic E-state index is 0.0814. The van der Waals surface area contributed by atoms with Crippen LogP contribution >= 0.6 is 46.4 Å². The van der Waals surface area contributed by atoms with E-state index in [1.54, 1.807) is 49.4 Å². The first-order valence-electron chi connectivity index (χ1n) is 13.6. The molecular formula is C33H24Cl4N2O6. The summed E-state index contributed by atoms with van der Waals surface area (Å²) in [4.78, 5) is 39.9. The Hall–Kier alpha value is -4.21. The quantitative estimate of drug-likeness (QED) is 0.133. The highest BCUT2D eigenvalue weighted by atomic mass is 35.5. The number of hydrogen-bond acceptors (Lipinski definition) is 6. The maximum Gasteiger partial charge on any atom is 0.335 e. The number of halogens is 4. The maximum absolute atomic E-state index is 13.5. The van der Waals surface area contributed by atoms with Crippen molar-refractivity contribution in [1.82, 2.24) is 5.32 Å². The summed E-state index contributed by atoms with van der Waals surface area (Å²) in [5, 5.41) is 3.88. The van der Waals surface area contributed by atoms with E-state index < -0.39 is 17.8 Å². The molecule has 45 heavy (non-hydrogen) atoms. The molecule has 1 fully saturated rings. The number of anilines is 1. The lowest BCUT2D eigenvalue weighted by Crippen LogP contribution is -2.54. The Morgan fingerprint density at radius 1 is 0.756 bits per heavy atom. The second-order valence-corrected chi connectivity index (χ2v) is 11.3. The summed E-state index contributed by atoms with van der Waals surface area (Å²) >= 11 is 25.0. The van der Waals surface area contributed by atoms with Gasteiger partial charge in [0.1, 0.15) is 24.5 Å². The largest absolute Gasteiger partial charge is 0.490 e. The van der Waals surface area contributed by atoms with Crippen molar-refractivity contribution in [3.05, 3.63) is 121 Å². The average molecular weight is 686 g/mol. The van der Waals surface area contributed by atoms with Crippen LogP contribution in [0.2, 0.25) is 20.1 Å². The van der Waals surface area contributed by atoms with E-state index in [2.05, 4.69) is 5.32 Å². The first-order chi connectivity index (χ1) is 21.6. The van der Waals surface area contributed by atoms with Crippen LogP contribution in [0.25, 0.3) is 6.08 Å². The molecule has 4 aromatic carbocycles. The Balaban J connectivity index is 1.36. The molecule has 0 unspecified atom stereocenters. The average Bonchev–Trinajstić information content (AvgIpc) is 3.00. The number of urea groups is 1. The Bertz CT molecular complexity index is 1810. The molecule has 0 aromatic heterocycles. The second-order valence-electron chi connectivity index (χ2n) is 9.62. The summed E-state index contributed by atoms with van der Waals surface area (Å²) in [6.07, 6.45) is 1.33. The number of hydrogen-bond donors (Lipinski definition) is 1. The summed E-state index contributed by atoms with van der Waals surface area (Å²) in [5.74, 6) is -0.646. The molecule has 230 valence electrons. The van der Waals surface area contributed by atoms with E-state index in [4.69, 9.17) is 60.6 Å². The van der Waals surface area contributed by atoms with Crippen molar-refractivity contribution in [3.63, 3.8) is 0 Å². The molecule has 1 saturated heterocycles. The van der Waals surface area contributed by atoms with Gasteiger partial charge < -0.3 is 14.2 Å². The fraction of sp³-hybridized carbons (Fsp3) is 0.121. The topological polar surface area (TPSA) is 94.2 Å². The van der Waals surface area contributed by atoms with Crippen molar-refractivity contribution in [2.45, 2.75) is 20.1 Å². The van der Waals surface area contributed by atoms with Crippen LogP contribution in [0.5, 0.6) is 17.2 Å². The van der Waals surface area contributed by atoms with Gasteiger partial charge in [-0.25, -0.2) is 9.69 Å². The third-order valence-electron chi connectivity index (χ3n) is 6.58. The SMILES string of the molecule is CCOc1cc(/C=C2\C(=O)NC(=O)N(c3ccc(OCc4ccccc4Cl)cc3)C2=O)cc(Cl)c1OCc1ccc(Cl)cc1Cl. The van der Waals surface area contributed by atoms with E-state index >= 15 is 0 Å². The molecule has 0 saturated carbocycles. The summed E-state index contributed by atoms with van der Waals surface area (Å²) in [5.41, 5.74) is 1.81. The van der Waals surface area contributed by atoms with Crippen molar-refractivity contribution in [3.8, 4) is 17.2 Å². The molecule has 4 aromatic rings. The predicted octanol–water partition coefficient (Wildman–Crippen LogP) is 8.52. The molecule has 8 nitrogen and oxygen atoms in total. The lowest BCUT2D eigenvalue weighted by Gasteiger charge is -2.26. The van der Waals surface area contributed by atoms with Crippen LogP contribution in [0, 0.1) is 0 Å². The van der Waals surface area contributed by atoms with E-state index in [9.17, 15) is 14.4 Å². The van der Waals surface area contributed by atoms with Gasteiger partial charge in [-0.2, -0.15) is 0 Å². The summed E-state index contributed by atoms with van der Waals surface area (Å²) in [7, 11) is 0. The number of barbiturate groups is 1. The normalized spacial score (nSPS) is 14.0. The van der Waals surface area contributed by atoms with Crippen LogP contribution in [-0.4, -0.2) is 24.5 Å². The number of amides is 4. The van der Waals surface area contributed by atoms with Crippen molar-refractivity contribution in [2.24, 2.45) is 0 Å². The van der Waals surface area contributed by atoms with Gasteiger partial charge in [0, 0.05) is 26.2 Å². The zero-order valence-corrected chi connectivity index (χ0v) is 26.6. The van der Waals surface area contributed by atoms with Crippen LogP contribution in [0.3, 0.4) is 0 Å². The highest BCUT2D eigenvalue weighted by molar-refractivity contribution is 6.39. The molecule has 0 aliphatic carbocycles. The molecule has 1 N–H and O–H groups in total. The third-order valence-corrected chi connectivity index (χ3v) is 7.82. The molecule has 0 radical (unpaired) electrons. The third kappa shape index (κ3) is 7.54. The van der Waals surface area contributed by atoms with E-state index in [0.29, 0.717) is 31.9 Å². The maximum atomic E-state index is 13.5. The fourth-order valence-corrected chi connectivity index (χ4v) is 5.32. The van der Waals surface area contributed by atoms with Gasteiger partial charge in [-0.15, -0.1) is 0 Å². The lowest BCUT2D eigenvalue weighted by molar-refractivity contribution is -0.122. The molecule has 4 amide bonds. The minimum atomic E-state index is -0.885. The van der Waals surface area contributed by atoms with E-state index in [1.807, 2.05) is 18.2 Å². The Morgan fingerprint density at radius 2 is 1.47 bits per heavy atom. The van der Waals surface area contributed by atoms with Crippen molar-refractivity contribution < 1.29 is 28.6 Å². The van der Waals surface area contributed by atoms with Gasteiger partial charge in [-0.1, -0.05) is 70.7 Å². The minimum Gasteiger partial charge on any atom is -0.490 e. The first kappa shape index (κ1) is 32.2. The van der Waals surface area contributed by atoms with Crippen LogP contribution in [0.1, 0.15) is 23.6 Å². The van der Waals surface area contributed by atoms with E-state index in [1.165, 1.54) is 24.3 Å². The number of imide groups is 2. The molecular weight excluding hydrogens is 662 g/mol. The van der Waals surface area contributed by atoms with Crippen LogP contribution in [0.15, 0.2) is 84.4 Å². The van der Waals surface area contributed by atoms with E-state index in [-0.39, 0.29) is 47.6 Å². The number of carbonyl (C=O) groups excluding carboxylic acids is 3. The number of ether oxygens (including phenoxy) is 3. The van der Waals surface area contributed by atoms with Crippen LogP contribution < -0.4 is 24.4 Å². The van der Waals surface area contributed by atoms with Gasteiger partial charge in [0.2, 0.25) is 0 Å². The van der Waals surface area contributed by atoms with Crippen molar-refractivity contribution in [1.29, 1.82) is 0 Å². The Labute approximate surface area is 279 Å². The smallest absolute Gasteiger partial charge is 0.335 e. The van der Waals surface area contributed by atoms with Gasteiger partial charge in [0.15, 0.2) is 11.5 Å². The standard InChI is InChI=1S/C33H24Cl4N2O6/c1-2-43-29-15-19(14-28(37)30(29)45-18-21-7-8-22(34)16-27(21)36)13-25-31(40)38-33(42)39(32(25)41)23-9-11-24(12-10-23)44-17-20-5-3-4-6-26(20)35/h3-16H,2,17-18H2,1H3,(H,38,40,42)/b25-13+. The van der Waals surface area contributed by atoms with Crippen LogP contribution in [-0.2, 0) is 22.8 Å². The van der Waals surface area contributed by atoms with Gasteiger partial charge in [0.05, 0.1) is 17.3 Å². The molecule has 1 heterocycles. The van der Waals surface area contributed by atoms with Crippen molar-refractivity contribution >= 4 is 76.0 Å². The highest BCUT2D eigenvalue weighted by Crippen LogP contribution is 2.38. The molecule has 0 bridgehead atoms. The lowest BCUT2D eigenvalue weighted by atomic mass is 10.1. The van der Waals surface area contributed by atoms with Crippen LogP contribution in [0.4, 0.5) is 10.5 Å². The molecule has 0 spiro atoms. The zero-order chi connectivity index (χ0) is 32.1. The summed E-state index contributed by atoms with van der Waals surface area (Å²) < 4.78 is 17.5. The number of nitrogens with one attached hydrogen (secondary N) is 1. The number of benzene rings is 4. The second kappa shape index (κ2) is 14.3. The molecule has 1 aliphatic rings. The Kier molecular flexibility index (Phi) is 10.2. The zero-order valence-electron chi connectivity index (χ0n) is 23.6. The summed E-state index contributed by atoms with van der Waals surface area (Å²) in [6.45, 7) is 2.38. The number of rotatable bonds is 10. The predicted molar refractivity (Wildman–Crippen MR) is 175 cm³/mol. The Morgan fingerprint density at radius 3 is 2.18 bits per heavy atom. The summed E-state index contributed by atoms with van der Waals surface area (Å²) in [6, 6.07) is 20.8. The van der Waals surface area contributed by atoms with Gasteiger partial charge in [-0.3, -0.25) is 14.9 Å². The molecule has 0 atom stereocenters. The number of carbonyl (C=O) groups is 3. The number of nitrogens with zero attached hydrogens (tertiary/aromatic N) is 1. The first-order valence-corrected chi connectivity index (χ1v) is 15.1. The molecule has 1 aliphatic heterocycles. The van der Waals surface area contributed by atoms with Gasteiger partial charge >= 0.3 is 6.03 Å².